The van der Waals surface area contributed by atoms with Gasteiger partial charge in [-0.3, -0.25) is 14.9 Å². The molecule has 1 aromatic carbocycles. The number of nitrogens with one attached hydrogen (secondary N) is 2. The Labute approximate surface area is 105 Å². The summed E-state index contributed by atoms with van der Waals surface area (Å²) in [7, 11) is 0. The molecule has 2 N–H and O–H groups in total. The number of nitro benzene ring substituents is 1. The molecule has 1 aliphatic carbocycles. The molecule has 6 nitrogen and oxygen atoms in total. The summed E-state index contributed by atoms with van der Waals surface area (Å²) >= 11 is 0. The number of benzene rings is 1. The lowest BCUT2D eigenvalue weighted by Crippen LogP contribution is -2.29. The van der Waals surface area contributed by atoms with E-state index < -0.39 is 4.92 Å². The Kier molecular flexibility index (Phi) is 3.57. The van der Waals surface area contributed by atoms with Gasteiger partial charge in [-0.15, -0.1) is 0 Å². The second kappa shape index (κ2) is 5.14. The van der Waals surface area contributed by atoms with E-state index in [1.165, 1.54) is 6.07 Å². The summed E-state index contributed by atoms with van der Waals surface area (Å²) in [5, 5.41) is 16.5. The largest absolute Gasteiger partial charge is 0.325 e. The number of amides is 1. The third-order valence-corrected chi connectivity index (χ3v) is 2.81. The first-order valence-electron chi connectivity index (χ1n) is 5.84. The first-order chi connectivity index (χ1) is 8.56. The third-order valence-electron chi connectivity index (χ3n) is 2.81. The van der Waals surface area contributed by atoms with Gasteiger partial charge in [0.2, 0.25) is 5.91 Å². The minimum atomic E-state index is -0.435. The molecule has 18 heavy (non-hydrogen) atoms. The highest BCUT2D eigenvalue weighted by molar-refractivity contribution is 5.92. The molecule has 2 rings (SSSR count). The van der Waals surface area contributed by atoms with Crippen molar-refractivity contribution in [3.8, 4) is 0 Å². The fourth-order valence-corrected chi connectivity index (χ4v) is 1.67. The van der Waals surface area contributed by atoms with Gasteiger partial charge < -0.3 is 10.6 Å². The number of nitrogens with zero attached hydrogens (tertiary/aromatic N) is 1. The first kappa shape index (κ1) is 12.5. The summed E-state index contributed by atoms with van der Waals surface area (Å²) in [4.78, 5) is 21.8. The van der Waals surface area contributed by atoms with Crippen LogP contribution in [0.1, 0.15) is 18.4 Å². The van der Waals surface area contributed by atoms with Crippen molar-refractivity contribution in [1.29, 1.82) is 0 Å². The van der Waals surface area contributed by atoms with Crippen LogP contribution >= 0.6 is 0 Å². The normalized spacial score (nSPS) is 14.3. The predicted octanol–water partition coefficient (Wildman–Crippen LogP) is 1.59. The maximum Gasteiger partial charge on any atom is 0.272 e. The molecule has 0 aliphatic heterocycles. The Morgan fingerprint density at radius 1 is 1.50 bits per heavy atom. The van der Waals surface area contributed by atoms with Crippen LogP contribution in [0.2, 0.25) is 0 Å². The van der Waals surface area contributed by atoms with Gasteiger partial charge in [-0.2, -0.15) is 0 Å². The highest BCUT2D eigenvalue weighted by atomic mass is 16.6. The smallest absolute Gasteiger partial charge is 0.272 e. The zero-order chi connectivity index (χ0) is 13.1. The maximum absolute atomic E-state index is 11.6. The Morgan fingerprint density at radius 3 is 2.78 bits per heavy atom. The molecule has 1 amide bonds. The Hall–Kier alpha value is -1.95. The van der Waals surface area contributed by atoms with E-state index in [1.54, 1.807) is 19.1 Å². The van der Waals surface area contributed by atoms with Crippen LogP contribution in [0.5, 0.6) is 0 Å². The number of carbonyl (C=O) groups excluding carboxylic acids is 1. The van der Waals surface area contributed by atoms with Gasteiger partial charge in [0.1, 0.15) is 0 Å². The summed E-state index contributed by atoms with van der Waals surface area (Å²) in [6.07, 6.45) is 2.26. The van der Waals surface area contributed by atoms with Crippen LogP contribution in [0, 0.1) is 17.0 Å². The highest BCUT2D eigenvalue weighted by Gasteiger charge is 2.21. The summed E-state index contributed by atoms with van der Waals surface area (Å²) in [5.41, 5.74) is 1.18. The van der Waals surface area contributed by atoms with Crippen molar-refractivity contribution in [2.75, 3.05) is 11.9 Å². The molecule has 0 atom stereocenters. The zero-order valence-electron chi connectivity index (χ0n) is 10.1. The first-order valence-corrected chi connectivity index (χ1v) is 5.84. The van der Waals surface area contributed by atoms with Crippen molar-refractivity contribution in [3.05, 3.63) is 33.9 Å². The predicted molar refractivity (Wildman–Crippen MR) is 67.5 cm³/mol. The average Bonchev–Trinajstić information content (AvgIpc) is 3.09. The number of rotatable bonds is 5. The lowest BCUT2D eigenvalue weighted by atomic mass is 10.2. The quantitative estimate of drug-likeness (QED) is 0.613. The van der Waals surface area contributed by atoms with E-state index in [0.29, 0.717) is 17.3 Å². The number of anilines is 1. The SMILES string of the molecule is Cc1cc(NC(=O)CNC2CC2)ccc1[N+](=O)[O-]. The number of hydrogen-bond donors (Lipinski definition) is 2. The van der Waals surface area contributed by atoms with Gasteiger partial charge in [-0.1, -0.05) is 0 Å². The van der Waals surface area contributed by atoms with Crippen LogP contribution in [-0.4, -0.2) is 23.4 Å². The fourth-order valence-electron chi connectivity index (χ4n) is 1.67. The molecule has 0 unspecified atom stereocenters. The third kappa shape index (κ3) is 3.27. The van der Waals surface area contributed by atoms with E-state index in [0.717, 1.165) is 12.8 Å². The molecule has 6 heteroatoms. The van der Waals surface area contributed by atoms with Gasteiger partial charge in [0.25, 0.3) is 5.69 Å². The number of hydrogen-bond acceptors (Lipinski definition) is 4. The molecular formula is C12H15N3O3. The minimum absolute atomic E-state index is 0.0594. The fraction of sp³-hybridized carbons (Fsp3) is 0.417. The van der Waals surface area contributed by atoms with Crippen LogP contribution in [0.4, 0.5) is 11.4 Å². The van der Waals surface area contributed by atoms with E-state index in [1.807, 2.05) is 0 Å². The number of aryl methyl sites for hydroxylation is 1. The Morgan fingerprint density at radius 2 is 2.22 bits per heavy atom. The molecule has 1 saturated carbocycles. The van der Waals surface area contributed by atoms with E-state index in [2.05, 4.69) is 10.6 Å². The topological polar surface area (TPSA) is 84.3 Å². The minimum Gasteiger partial charge on any atom is -0.325 e. The number of carbonyl (C=O) groups is 1. The van der Waals surface area contributed by atoms with Crippen LogP contribution in [0.25, 0.3) is 0 Å². The van der Waals surface area contributed by atoms with E-state index in [9.17, 15) is 14.9 Å². The molecule has 0 heterocycles. The van der Waals surface area contributed by atoms with Crippen molar-refractivity contribution in [2.45, 2.75) is 25.8 Å². The van der Waals surface area contributed by atoms with Crippen LogP contribution < -0.4 is 10.6 Å². The molecule has 1 fully saturated rings. The van der Waals surface area contributed by atoms with Crippen LogP contribution in [-0.2, 0) is 4.79 Å². The molecule has 0 saturated heterocycles. The van der Waals surface area contributed by atoms with Crippen molar-refractivity contribution >= 4 is 17.3 Å². The molecule has 0 spiro atoms. The van der Waals surface area contributed by atoms with Crippen molar-refractivity contribution in [2.24, 2.45) is 0 Å². The van der Waals surface area contributed by atoms with Gasteiger partial charge in [0.05, 0.1) is 11.5 Å². The van der Waals surface area contributed by atoms with E-state index in [4.69, 9.17) is 0 Å². The lowest BCUT2D eigenvalue weighted by molar-refractivity contribution is -0.385. The summed E-state index contributed by atoms with van der Waals surface area (Å²) in [5.74, 6) is -0.129. The molecule has 96 valence electrons. The lowest BCUT2D eigenvalue weighted by Gasteiger charge is -2.07. The standard InChI is InChI=1S/C12H15N3O3/c1-8-6-10(4-5-11(8)15(17)18)14-12(16)7-13-9-2-3-9/h4-6,9,13H,2-3,7H2,1H3,(H,14,16). The summed E-state index contributed by atoms with van der Waals surface area (Å²) in [6, 6.07) is 5.03. The average molecular weight is 249 g/mol. The second-order valence-electron chi connectivity index (χ2n) is 4.46. The van der Waals surface area contributed by atoms with Gasteiger partial charge in [-0.25, -0.2) is 0 Å². The molecule has 1 aliphatic rings. The van der Waals surface area contributed by atoms with E-state index in [-0.39, 0.29) is 18.1 Å². The van der Waals surface area contributed by atoms with Gasteiger partial charge >= 0.3 is 0 Å². The molecule has 0 bridgehead atoms. The molecule has 1 aromatic rings. The molecule has 0 aromatic heterocycles. The number of nitro groups is 1. The van der Waals surface area contributed by atoms with Crippen molar-refractivity contribution in [1.82, 2.24) is 5.32 Å². The maximum atomic E-state index is 11.6. The van der Waals surface area contributed by atoms with Gasteiger partial charge in [0.15, 0.2) is 0 Å². The Balaban J connectivity index is 1.94. The van der Waals surface area contributed by atoms with Gasteiger partial charge in [-0.05, 0) is 31.9 Å². The van der Waals surface area contributed by atoms with Crippen molar-refractivity contribution in [3.63, 3.8) is 0 Å². The highest BCUT2D eigenvalue weighted by Crippen LogP contribution is 2.21. The monoisotopic (exact) mass is 249 g/mol. The molecular weight excluding hydrogens is 234 g/mol. The van der Waals surface area contributed by atoms with E-state index >= 15 is 0 Å². The van der Waals surface area contributed by atoms with Crippen LogP contribution in [0.15, 0.2) is 18.2 Å². The van der Waals surface area contributed by atoms with Crippen LogP contribution in [0.3, 0.4) is 0 Å². The Bertz CT molecular complexity index is 483. The summed E-state index contributed by atoms with van der Waals surface area (Å²) in [6.45, 7) is 1.93. The second-order valence-corrected chi connectivity index (χ2v) is 4.46. The summed E-state index contributed by atoms with van der Waals surface area (Å²) < 4.78 is 0. The molecule has 0 radical (unpaired) electrons. The van der Waals surface area contributed by atoms with Crippen molar-refractivity contribution < 1.29 is 9.72 Å². The van der Waals surface area contributed by atoms with Gasteiger partial charge in [0, 0.05) is 23.4 Å². The zero-order valence-corrected chi connectivity index (χ0v) is 10.1.